The Morgan fingerprint density at radius 3 is 2.44 bits per heavy atom. The van der Waals surface area contributed by atoms with Crippen LogP contribution in [0.3, 0.4) is 0 Å². The standard InChI is InChI=1S/C12H9F2N3O/c13-7-3-8(14)5-10(4-7)17-12(18)11-6-9(15)1-2-16-11/h1-6H,(H2,15,16)(H,17,18). The van der Waals surface area contributed by atoms with Crippen LogP contribution in [0.15, 0.2) is 36.5 Å². The third-order valence-corrected chi connectivity index (χ3v) is 2.14. The number of hydrogen-bond acceptors (Lipinski definition) is 3. The second-order valence-corrected chi connectivity index (χ2v) is 3.59. The molecule has 92 valence electrons. The molecule has 0 saturated heterocycles. The van der Waals surface area contributed by atoms with Crippen molar-refractivity contribution in [3.05, 3.63) is 53.9 Å². The Morgan fingerprint density at radius 2 is 1.83 bits per heavy atom. The maximum absolute atomic E-state index is 12.9. The molecule has 18 heavy (non-hydrogen) atoms. The van der Waals surface area contributed by atoms with E-state index in [2.05, 4.69) is 10.3 Å². The van der Waals surface area contributed by atoms with Gasteiger partial charge in [-0.15, -0.1) is 0 Å². The van der Waals surface area contributed by atoms with Crippen LogP contribution in [0, 0.1) is 11.6 Å². The van der Waals surface area contributed by atoms with E-state index < -0.39 is 17.5 Å². The lowest BCUT2D eigenvalue weighted by Crippen LogP contribution is -2.14. The molecule has 0 aliphatic rings. The van der Waals surface area contributed by atoms with E-state index in [1.54, 1.807) is 0 Å². The van der Waals surface area contributed by atoms with Crippen molar-refractivity contribution in [3.63, 3.8) is 0 Å². The van der Waals surface area contributed by atoms with Gasteiger partial charge in [0.05, 0.1) is 0 Å². The van der Waals surface area contributed by atoms with Crippen molar-refractivity contribution in [1.29, 1.82) is 0 Å². The van der Waals surface area contributed by atoms with E-state index in [4.69, 9.17) is 5.73 Å². The summed E-state index contributed by atoms with van der Waals surface area (Å²) in [7, 11) is 0. The normalized spacial score (nSPS) is 10.1. The number of benzene rings is 1. The fraction of sp³-hybridized carbons (Fsp3) is 0. The van der Waals surface area contributed by atoms with Crippen molar-refractivity contribution < 1.29 is 13.6 Å². The minimum Gasteiger partial charge on any atom is -0.399 e. The molecule has 1 aromatic carbocycles. The van der Waals surface area contributed by atoms with Crippen LogP contribution in [0.1, 0.15) is 10.5 Å². The van der Waals surface area contributed by atoms with E-state index in [9.17, 15) is 13.6 Å². The predicted octanol–water partition coefficient (Wildman–Crippen LogP) is 2.19. The molecule has 0 fully saturated rings. The molecule has 0 aliphatic carbocycles. The number of carbonyl (C=O) groups excluding carboxylic acids is 1. The maximum atomic E-state index is 12.9. The first-order valence-electron chi connectivity index (χ1n) is 5.03. The molecule has 0 radical (unpaired) electrons. The Balaban J connectivity index is 2.21. The first-order valence-corrected chi connectivity index (χ1v) is 5.03. The predicted molar refractivity (Wildman–Crippen MR) is 63.0 cm³/mol. The summed E-state index contributed by atoms with van der Waals surface area (Å²) in [6.45, 7) is 0. The number of carbonyl (C=O) groups is 1. The number of aromatic nitrogens is 1. The molecule has 2 rings (SSSR count). The monoisotopic (exact) mass is 249 g/mol. The average molecular weight is 249 g/mol. The highest BCUT2D eigenvalue weighted by Crippen LogP contribution is 2.14. The van der Waals surface area contributed by atoms with Crippen molar-refractivity contribution in [2.75, 3.05) is 11.1 Å². The average Bonchev–Trinajstić information content (AvgIpc) is 2.27. The molecule has 3 N–H and O–H groups in total. The van der Waals surface area contributed by atoms with Crippen LogP contribution < -0.4 is 11.1 Å². The second-order valence-electron chi connectivity index (χ2n) is 3.59. The number of nitrogens with one attached hydrogen (secondary N) is 1. The van der Waals surface area contributed by atoms with E-state index in [1.807, 2.05) is 0 Å². The van der Waals surface area contributed by atoms with Gasteiger partial charge in [-0.2, -0.15) is 0 Å². The van der Waals surface area contributed by atoms with Gasteiger partial charge in [0.2, 0.25) is 0 Å². The zero-order chi connectivity index (χ0) is 13.1. The van der Waals surface area contributed by atoms with Crippen molar-refractivity contribution in [2.24, 2.45) is 0 Å². The molecule has 1 aromatic heterocycles. The van der Waals surface area contributed by atoms with Crippen molar-refractivity contribution in [3.8, 4) is 0 Å². The number of hydrogen-bond donors (Lipinski definition) is 2. The van der Waals surface area contributed by atoms with Crippen LogP contribution in [-0.2, 0) is 0 Å². The molecule has 6 heteroatoms. The van der Waals surface area contributed by atoms with Crippen LogP contribution in [-0.4, -0.2) is 10.9 Å². The van der Waals surface area contributed by atoms with Crippen molar-refractivity contribution in [2.45, 2.75) is 0 Å². The van der Waals surface area contributed by atoms with Crippen LogP contribution in [0.2, 0.25) is 0 Å². The summed E-state index contributed by atoms with van der Waals surface area (Å²) in [5.74, 6) is -2.14. The van der Waals surface area contributed by atoms with Gasteiger partial charge < -0.3 is 11.1 Å². The van der Waals surface area contributed by atoms with Gasteiger partial charge in [0.25, 0.3) is 5.91 Å². The van der Waals surface area contributed by atoms with Crippen LogP contribution >= 0.6 is 0 Å². The molecule has 0 atom stereocenters. The summed E-state index contributed by atoms with van der Waals surface area (Å²) >= 11 is 0. The molecular weight excluding hydrogens is 240 g/mol. The number of nitrogens with zero attached hydrogens (tertiary/aromatic N) is 1. The molecule has 1 amide bonds. The lowest BCUT2D eigenvalue weighted by Gasteiger charge is -2.05. The zero-order valence-electron chi connectivity index (χ0n) is 9.15. The Morgan fingerprint density at radius 1 is 1.17 bits per heavy atom. The first kappa shape index (κ1) is 12.0. The SMILES string of the molecule is Nc1ccnc(C(=O)Nc2cc(F)cc(F)c2)c1. The van der Waals surface area contributed by atoms with E-state index in [1.165, 1.54) is 18.3 Å². The molecule has 0 bridgehead atoms. The highest BCUT2D eigenvalue weighted by molar-refractivity contribution is 6.03. The number of anilines is 2. The summed E-state index contributed by atoms with van der Waals surface area (Å²) in [4.78, 5) is 15.5. The summed E-state index contributed by atoms with van der Waals surface area (Å²) in [6.07, 6.45) is 1.37. The summed E-state index contributed by atoms with van der Waals surface area (Å²) in [5, 5.41) is 2.33. The quantitative estimate of drug-likeness (QED) is 0.857. The van der Waals surface area contributed by atoms with E-state index in [0.717, 1.165) is 12.1 Å². The topological polar surface area (TPSA) is 68.0 Å². The molecule has 1 heterocycles. The first-order chi connectivity index (χ1) is 8.54. The molecule has 4 nitrogen and oxygen atoms in total. The molecule has 0 aliphatic heterocycles. The molecule has 0 saturated carbocycles. The summed E-state index contributed by atoms with van der Waals surface area (Å²) < 4.78 is 25.8. The van der Waals surface area contributed by atoms with Crippen LogP contribution in [0.4, 0.5) is 20.2 Å². The van der Waals surface area contributed by atoms with E-state index in [-0.39, 0.29) is 11.4 Å². The largest absolute Gasteiger partial charge is 0.399 e. The van der Waals surface area contributed by atoms with Crippen molar-refractivity contribution in [1.82, 2.24) is 4.98 Å². The van der Waals surface area contributed by atoms with Gasteiger partial charge in [-0.3, -0.25) is 9.78 Å². The van der Waals surface area contributed by atoms with Crippen molar-refractivity contribution >= 4 is 17.3 Å². The highest BCUT2D eigenvalue weighted by Gasteiger charge is 2.09. The van der Waals surface area contributed by atoms with Crippen LogP contribution in [0.5, 0.6) is 0 Å². The van der Waals surface area contributed by atoms with Gasteiger partial charge >= 0.3 is 0 Å². The molecule has 2 aromatic rings. The van der Waals surface area contributed by atoms with E-state index >= 15 is 0 Å². The zero-order valence-corrected chi connectivity index (χ0v) is 9.15. The van der Waals surface area contributed by atoms with E-state index in [0.29, 0.717) is 11.8 Å². The maximum Gasteiger partial charge on any atom is 0.274 e. The fourth-order valence-corrected chi connectivity index (χ4v) is 1.39. The lowest BCUT2D eigenvalue weighted by molar-refractivity contribution is 0.102. The molecule has 0 spiro atoms. The number of halogens is 2. The third-order valence-electron chi connectivity index (χ3n) is 2.14. The Kier molecular flexibility index (Phi) is 3.18. The number of rotatable bonds is 2. The van der Waals surface area contributed by atoms with Gasteiger partial charge in [-0.1, -0.05) is 0 Å². The fourth-order valence-electron chi connectivity index (χ4n) is 1.39. The number of pyridine rings is 1. The van der Waals surface area contributed by atoms with Gasteiger partial charge in [-0.05, 0) is 24.3 Å². The molecular formula is C12H9F2N3O. The minimum atomic E-state index is -0.772. The second kappa shape index (κ2) is 4.79. The highest BCUT2D eigenvalue weighted by atomic mass is 19.1. The Hall–Kier alpha value is -2.50. The Labute approximate surface area is 101 Å². The van der Waals surface area contributed by atoms with Gasteiger partial charge in [0.15, 0.2) is 0 Å². The van der Waals surface area contributed by atoms with Crippen LogP contribution in [0.25, 0.3) is 0 Å². The minimum absolute atomic E-state index is 0.0155. The van der Waals surface area contributed by atoms with Gasteiger partial charge in [-0.25, -0.2) is 8.78 Å². The summed E-state index contributed by atoms with van der Waals surface area (Å²) in [6, 6.07) is 5.62. The number of amides is 1. The molecule has 0 unspecified atom stereocenters. The number of nitrogen functional groups attached to an aromatic ring is 1. The lowest BCUT2D eigenvalue weighted by atomic mass is 10.2. The smallest absolute Gasteiger partial charge is 0.274 e. The van der Waals surface area contributed by atoms with Gasteiger partial charge in [0.1, 0.15) is 17.3 Å². The Bertz CT molecular complexity index is 581. The van der Waals surface area contributed by atoms with Gasteiger partial charge in [0, 0.05) is 23.6 Å². The third kappa shape index (κ3) is 2.79. The number of nitrogens with two attached hydrogens (primary N) is 1. The summed E-state index contributed by atoms with van der Waals surface area (Å²) in [5.41, 5.74) is 5.96.